The van der Waals surface area contributed by atoms with Crippen LogP contribution in [0.1, 0.15) is 10.4 Å². The van der Waals surface area contributed by atoms with Crippen molar-refractivity contribution >= 4 is 39.5 Å². The molecule has 0 aliphatic carbocycles. The lowest BCUT2D eigenvalue weighted by molar-refractivity contribution is -0.115. The second kappa shape index (κ2) is 10.5. The van der Waals surface area contributed by atoms with Gasteiger partial charge in [0.05, 0.1) is 23.4 Å². The van der Waals surface area contributed by atoms with Crippen molar-refractivity contribution in [2.45, 2.75) is 19.6 Å². The quantitative estimate of drug-likeness (QED) is 0.460. The number of aliphatic hydroxyl groups is 1. The molecule has 3 aromatic heterocycles. The summed E-state index contributed by atoms with van der Waals surface area (Å²) in [5.41, 5.74) is 8.81. The summed E-state index contributed by atoms with van der Waals surface area (Å²) in [5.74, 6) is 2.08. The third-order valence-electron chi connectivity index (χ3n) is 6.64. The van der Waals surface area contributed by atoms with Crippen LogP contribution in [0.15, 0.2) is 18.3 Å². The first-order chi connectivity index (χ1) is 17.0. The Bertz CT molecular complexity index is 1170. The molecular formula is C24H31N7O3S. The van der Waals surface area contributed by atoms with Crippen LogP contribution in [0, 0.1) is 6.92 Å². The van der Waals surface area contributed by atoms with Gasteiger partial charge in [-0.3, -0.25) is 9.80 Å². The van der Waals surface area contributed by atoms with Crippen molar-refractivity contribution < 1.29 is 14.6 Å². The van der Waals surface area contributed by atoms with E-state index in [2.05, 4.69) is 26.6 Å². The summed E-state index contributed by atoms with van der Waals surface area (Å²) in [6, 6.07) is 3.69. The second-order valence-electron chi connectivity index (χ2n) is 9.05. The number of hydrogen-bond donors (Lipinski definition) is 2. The van der Waals surface area contributed by atoms with E-state index >= 15 is 0 Å². The molecule has 0 radical (unpaired) electrons. The van der Waals surface area contributed by atoms with Gasteiger partial charge in [-0.25, -0.2) is 15.0 Å². The molecule has 1 atom stereocenters. The molecule has 5 rings (SSSR count). The number of aryl methyl sites for hydroxylation is 1. The Balaban J connectivity index is 1.43. The maximum atomic E-state index is 10.8. The number of carbonyl (C=O) groups excluding carboxylic acids is 1. The number of aldehydes is 1. The van der Waals surface area contributed by atoms with Crippen LogP contribution in [0.2, 0.25) is 0 Å². The van der Waals surface area contributed by atoms with Crippen LogP contribution in [0.3, 0.4) is 0 Å². The summed E-state index contributed by atoms with van der Waals surface area (Å²) in [4.78, 5) is 33.1. The normalized spacial score (nSPS) is 18.7. The van der Waals surface area contributed by atoms with Gasteiger partial charge >= 0.3 is 0 Å². The molecule has 0 amide bonds. The van der Waals surface area contributed by atoms with Gasteiger partial charge in [0.25, 0.3) is 0 Å². The van der Waals surface area contributed by atoms with Gasteiger partial charge in [-0.1, -0.05) is 0 Å². The van der Waals surface area contributed by atoms with E-state index in [0.717, 1.165) is 67.4 Å². The van der Waals surface area contributed by atoms with E-state index in [1.165, 1.54) is 10.4 Å². The number of rotatable bonds is 7. The molecule has 0 saturated carbocycles. The van der Waals surface area contributed by atoms with Crippen LogP contribution in [-0.2, 0) is 16.1 Å². The van der Waals surface area contributed by atoms with Gasteiger partial charge in [0.1, 0.15) is 18.2 Å². The van der Waals surface area contributed by atoms with Gasteiger partial charge in [-0.15, -0.1) is 11.3 Å². The summed E-state index contributed by atoms with van der Waals surface area (Å²) in [7, 11) is 0. The van der Waals surface area contributed by atoms with Crippen LogP contribution in [0.25, 0.3) is 21.6 Å². The van der Waals surface area contributed by atoms with Crippen LogP contribution >= 0.6 is 11.3 Å². The number of β-amino-alcohol motifs (C(OH)–C–C–N with tert-alkyl or cyclic N) is 1. The lowest BCUT2D eigenvalue weighted by Gasteiger charge is -2.34. The molecule has 11 heteroatoms. The summed E-state index contributed by atoms with van der Waals surface area (Å²) in [6.45, 7) is 9.82. The molecule has 10 nitrogen and oxygen atoms in total. The predicted molar refractivity (Wildman–Crippen MR) is 137 cm³/mol. The lowest BCUT2D eigenvalue weighted by atomic mass is 10.2. The summed E-state index contributed by atoms with van der Waals surface area (Å²) < 4.78 is 6.69. The van der Waals surface area contributed by atoms with Crippen molar-refractivity contribution in [2.75, 3.05) is 69.7 Å². The molecule has 5 heterocycles. The smallest absolute Gasteiger partial charge is 0.163 e. The number of morpholine rings is 1. The molecule has 3 aromatic rings. The van der Waals surface area contributed by atoms with E-state index in [1.54, 1.807) is 23.6 Å². The molecule has 0 spiro atoms. The lowest BCUT2D eigenvalue weighted by Crippen LogP contribution is -2.48. The third kappa shape index (κ3) is 5.29. The minimum atomic E-state index is -0.908. The summed E-state index contributed by atoms with van der Waals surface area (Å²) in [5, 5.41) is 9.62. The first-order valence-corrected chi connectivity index (χ1v) is 12.8. The Hall–Kier alpha value is -2.70. The molecule has 0 bridgehead atoms. The maximum absolute atomic E-state index is 10.8. The number of ether oxygens (including phenoxy) is 1. The standard InChI is InChI=1S/C24H31N7O3S/c1-16-19(14-30-6-4-29(5-7-30)13-18(33)15-32)35-22-21(16)27-23(17-2-3-20(25)26-12-17)28-24(22)31-8-10-34-11-9-31/h2-3,12,15,18,33H,4-11,13-14H2,1H3,(H2,25,26)/t18-/m0/s1. The number of nitrogens with zero attached hydrogens (tertiary/aromatic N) is 6. The number of fused-ring (bicyclic) bond motifs is 1. The van der Waals surface area contributed by atoms with Gasteiger partial charge < -0.3 is 25.3 Å². The van der Waals surface area contributed by atoms with Gasteiger partial charge in [-0.05, 0) is 24.6 Å². The number of nitrogens with two attached hydrogens (primary N) is 1. The summed E-state index contributed by atoms with van der Waals surface area (Å²) in [6.07, 6.45) is 1.42. The fraction of sp³-hybridized carbons (Fsp3) is 0.500. The number of anilines is 2. The van der Waals surface area contributed by atoms with E-state index in [9.17, 15) is 9.90 Å². The van der Waals surface area contributed by atoms with Gasteiger partial charge in [0.15, 0.2) is 11.6 Å². The van der Waals surface area contributed by atoms with Crippen molar-refractivity contribution in [2.24, 2.45) is 0 Å². The summed E-state index contributed by atoms with van der Waals surface area (Å²) >= 11 is 1.77. The molecule has 3 N–H and O–H groups in total. The van der Waals surface area contributed by atoms with E-state index in [0.29, 0.717) is 37.7 Å². The molecule has 0 unspecified atom stereocenters. The first kappa shape index (κ1) is 24.0. The molecule has 2 aliphatic rings. The highest BCUT2D eigenvalue weighted by atomic mass is 32.1. The zero-order valence-corrected chi connectivity index (χ0v) is 20.7. The van der Waals surface area contributed by atoms with Gasteiger partial charge in [0, 0.05) is 69.0 Å². The number of thiophene rings is 1. The second-order valence-corrected chi connectivity index (χ2v) is 10.2. The first-order valence-electron chi connectivity index (χ1n) is 11.9. The Labute approximate surface area is 208 Å². The zero-order chi connectivity index (χ0) is 24.4. The topological polar surface area (TPSA) is 121 Å². The molecular weight excluding hydrogens is 466 g/mol. The fourth-order valence-corrected chi connectivity index (χ4v) is 5.87. The van der Waals surface area contributed by atoms with Crippen LogP contribution < -0.4 is 10.6 Å². The highest BCUT2D eigenvalue weighted by Crippen LogP contribution is 2.38. The minimum Gasteiger partial charge on any atom is -0.384 e. The Morgan fingerprint density at radius 1 is 1.14 bits per heavy atom. The van der Waals surface area contributed by atoms with Crippen molar-refractivity contribution in [1.82, 2.24) is 24.8 Å². The number of aromatic nitrogens is 3. The number of pyridine rings is 1. The minimum absolute atomic E-state index is 0.403. The third-order valence-corrected chi connectivity index (χ3v) is 7.90. The maximum Gasteiger partial charge on any atom is 0.163 e. The SMILES string of the molecule is Cc1c(CN2CCN(C[C@H](O)C=O)CC2)sc2c(N3CCOCC3)nc(-c3ccc(N)nc3)nc12. The van der Waals surface area contributed by atoms with Gasteiger partial charge in [-0.2, -0.15) is 0 Å². The van der Waals surface area contributed by atoms with Crippen LogP contribution in [0.4, 0.5) is 11.6 Å². The average Bonchev–Trinajstić information content (AvgIpc) is 3.20. The van der Waals surface area contributed by atoms with E-state index < -0.39 is 6.10 Å². The number of carbonyl (C=O) groups is 1. The molecule has 2 fully saturated rings. The Kier molecular flexibility index (Phi) is 7.21. The van der Waals surface area contributed by atoms with Gasteiger partial charge in [0.2, 0.25) is 0 Å². The van der Waals surface area contributed by atoms with Crippen LogP contribution in [-0.4, -0.2) is 101 Å². The van der Waals surface area contributed by atoms with E-state index in [1.807, 2.05) is 6.07 Å². The molecule has 0 aromatic carbocycles. The largest absolute Gasteiger partial charge is 0.384 e. The predicted octanol–water partition coefficient (Wildman–Crippen LogP) is 1.16. The van der Waals surface area contributed by atoms with Crippen LogP contribution in [0.5, 0.6) is 0 Å². The average molecular weight is 498 g/mol. The molecule has 2 aliphatic heterocycles. The number of aliphatic hydroxyl groups excluding tert-OH is 1. The number of hydrogen-bond acceptors (Lipinski definition) is 11. The Morgan fingerprint density at radius 3 is 2.57 bits per heavy atom. The van der Waals surface area contributed by atoms with Crippen molar-refractivity contribution in [3.63, 3.8) is 0 Å². The highest BCUT2D eigenvalue weighted by molar-refractivity contribution is 7.19. The molecule has 2 saturated heterocycles. The van der Waals surface area contributed by atoms with Crippen molar-refractivity contribution in [1.29, 1.82) is 0 Å². The zero-order valence-electron chi connectivity index (χ0n) is 19.9. The van der Waals surface area contributed by atoms with E-state index in [-0.39, 0.29) is 0 Å². The Morgan fingerprint density at radius 2 is 1.89 bits per heavy atom. The molecule has 35 heavy (non-hydrogen) atoms. The number of piperazine rings is 1. The van der Waals surface area contributed by atoms with Crippen molar-refractivity contribution in [3.05, 3.63) is 28.8 Å². The van der Waals surface area contributed by atoms with Crippen molar-refractivity contribution in [3.8, 4) is 11.4 Å². The number of nitrogen functional groups attached to an aromatic ring is 1. The van der Waals surface area contributed by atoms with E-state index in [4.69, 9.17) is 20.4 Å². The fourth-order valence-electron chi connectivity index (χ4n) is 4.57. The highest BCUT2D eigenvalue weighted by Gasteiger charge is 2.24. The molecule has 186 valence electrons. The monoisotopic (exact) mass is 497 g/mol.